The molecule has 1 aliphatic carbocycles. The molecule has 0 fully saturated rings. The van der Waals surface area contributed by atoms with Gasteiger partial charge in [-0.15, -0.1) is 10.2 Å². The van der Waals surface area contributed by atoms with E-state index in [0.717, 1.165) is 28.9 Å². The van der Waals surface area contributed by atoms with Gasteiger partial charge in [0.2, 0.25) is 0 Å². The molecule has 0 atom stereocenters. The SMILES string of the molecule is Cc1cccc2c1Cc1nc(CN=Cc3cccc(O)c3)nnc1-2. The molecule has 0 saturated heterocycles. The number of phenolic OH excluding ortho intramolecular Hbond substituents is 1. The number of hydrogen-bond donors (Lipinski definition) is 1. The van der Waals surface area contributed by atoms with Crippen molar-refractivity contribution in [3.63, 3.8) is 0 Å². The van der Waals surface area contributed by atoms with Crippen LogP contribution in [0.15, 0.2) is 47.5 Å². The summed E-state index contributed by atoms with van der Waals surface area (Å²) in [6.45, 7) is 2.48. The Balaban J connectivity index is 1.54. The van der Waals surface area contributed by atoms with E-state index in [1.165, 1.54) is 11.1 Å². The molecule has 118 valence electrons. The maximum absolute atomic E-state index is 9.45. The highest BCUT2D eigenvalue weighted by atomic mass is 16.3. The maximum Gasteiger partial charge on any atom is 0.172 e. The fourth-order valence-corrected chi connectivity index (χ4v) is 2.96. The molecule has 0 bridgehead atoms. The van der Waals surface area contributed by atoms with Crippen molar-refractivity contribution in [3.8, 4) is 17.0 Å². The molecule has 0 radical (unpaired) electrons. The first-order valence-corrected chi connectivity index (χ1v) is 7.81. The van der Waals surface area contributed by atoms with Crippen LogP contribution in [0.1, 0.15) is 28.2 Å². The van der Waals surface area contributed by atoms with Crippen LogP contribution in [0, 0.1) is 6.92 Å². The van der Waals surface area contributed by atoms with E-state index in [1.807, 2.05) is 12.1 Å². The lowest BCUT2D eigenvalue weighted by Gasteiger charge is -2.01. The van der Waals surface area contributed by atoms with Gasteiger partial charge in [-0.25, -0.2) is 4.98 Å². The smallest absolute Gasteiger partial charge is 0.172 e. The third-order valence-corrected chi connectivity index (χ3v) is 4.16. The number of nitrogens with zero attached hydrogens (tertiary/aromatic N) is 4. The van der Waals surface area contributed by atoms with Crippen molar-refractivity contribution in [2.75, 3.05) is 0 Å². The summed E-state index contributed by atoms with van der Waals surface area (Å²) in [7, 11) is 0. The van der Waals surface area contributed by atoms with Crippen LogP contribution in [-0.2, 0) is 13.0 Å². The Hall–Kier alpha value is -3.08. The fraction of sp³-hybridized carbons (Fsp3) is 0.158. The van der Waals surface area contributed by atoms with Gasteiger partial charge in [-0.2, -0.15) is 0 Å². The molecule has 5 heteroatoms. The second kappa shape index (κ2) is 5.85. The molecule has 4 rings (SSSR count). The third kappa shape index (κ3) is 2.65. The van der Waals surface area contributed by atoms with Gasteiger partial charge in [0, 0.05) is 18.2 Å². The Morgan fingerprint density at radius 3 is 2.92 bits per heavy atom. The second-order valence-corrected chi connectivity index (χ2v) is 5.87. The second-order valence-electron chi connectivity index (χ2n) is 5.87. The maximum atomic E-state index is 9.45. The van der Waals surface area contributed by atoms with E-state index in [-0.39, 0.29) is 5.75 Å². The minimum absolute atomic E-state index is 0.225. The van der Waals surface area contributed by atoms with Gasteiger partial charge in [0.1, 0.15) is 18.0 Å². The van der Waals surface area contributed by atoms with Gasteiger partial charge in [-0.3, -0.25) is 4.99 Å². The predicted molar refractivity (Wildman–Crippen MR) is 92.2 cm³/mol. The number of benzene rings is 2. The number of phenols is 1. The van der Waals surface area contributed by atoms with Crippen LogP contribution in [0.3, 0.4) is 0 Å². The standard InChI is InChI=1S/C19H16N4O/c1-12-4-2-7-15-16(12)9-17-19(15)23-22-18(21-17)11-20-10-13-5-3-6-14(24)8-13/h2-8,10,24H,9,11H2,1H3. The van der Waals surface area contributed by atoms with Crippen molar-refractivity contribution < 1.29 is 5.11 Å². The van der Waals surface area contributed by atoms with Crippen molar-refractivity contribution in [1.82, 2.24) is 15.2 Å². The first-order valence-electron chi connectivity index (χ1n) is 7.81. The number of fused-ring (bicyclic) bond motifs is 3. The molecule has 0 saturated carbocycles. The molecular formula is C19H16N4O. The Morgan fingerprint density at radius 1 is 1.17 bits per heavy atom. The van der Waals surface area contributed by atoms with Gasteiger partial charge < -0.3 is 5.11 Å². The zero-order valence-electron chi connectivity index (χ0n) is 13.3. The minimum atomic E-state index is 0.225. The van der Waals surface area contributed by atoms with Crippen molar-refractivity contribution in [2.45, 2.75) is 19.9 Å². The molecule has 1 heterocycles. The Bertz CT molecular complexity index is 950. The minimum Gasteiger partial charge on any atom is -0.508 e. The zero-order chi connectivity index (χ0) is 16.5. The molecular weight excluding hydrogens is 300 g/mol. The molecule has 1 N–H and O–H groups in total. The highest BCUT2D eigenvalue weighted by Crippen LogP contribution is 2.35. The van der Waals surface area contributed by atoms with Crippen molar-refractivity contribution in [2.24, 2.45) is 4.99 Å². The zero-order valence-corrected chi connectivity index (χ0v) is 13.3. The van der Waals surface area contributed by atoms with Crippen LogP contribution in [0.2, 0.25) is 0 Å². The predicted octanol–water partition coefficient (Wildman–Crippen LogP) is 3.08. The van der Waals surface area contributed by atoms with E-state index in [2.05, 4.69) is 39.2 Å². The van der Waals surface area contributed by atoms with Crippen molar-refractivity contribution in [3.05, 3.63) is 70.7 Å². The van der Waals surface area contributed by atoms with E-state index in [4.69, 9.17) is 0 Å². The lowest BCUT2D eigenvalue weighted by molar-refractivity contribution is 0.475. The first-order chi connectivity index (χ1) is 11.7. The Morgan fingerprint density at radius 2 is 2.04 bits per heavy atom. The van der Waals surface area contributed by atoms with E-state index >= 15 is 0 Å². The number of hydrogen-bond acceptors (Lipinski definition) is 5. The summed E-state index contributed by atoms with van der Waals surface area (Å²) in [5, 5.41) is 18.0. The van der Waals surface area contributed by atoms with Crippen LogP contribution in [-0.4, -0.2) is 26.5 Å². The van der Waals surface area contributed by atoms with Crippen LogP contribution in [0.4, 0.5) is 0 Å². The largest absolute Gasteiger partial charge is 0.508 e. The summed E-state index contributed by atoms with van der Waals surface area (Å²) in [6, 6.07) is 13.2. The van der Waals surface area contributed by atoms with Gasteiger partial charge in [0.25, 0.3) is 0 Å². The summed E-state index contributed by atoms with van der Waals surface area (Å²) in [5.74, 6) is 0.832. The molecule has 1 aromatic heterocycles. The summed E-state index contributed by atoms with van der Waals surface area (Å²) in [4.78, 5) is 8.97. The van der Waals surface area contributed by atoms with Crippen LogP contribution in [0.25, 0.3) is 11.3 Å². The molecule has 1 aliphatic rings. The quantitative estimate of drug-likeness (QED) is 0.590. The number of aliphatic imine (C=N–C) groups is 1. The normalized spacial score (nSPS) is 12.4. The van der Waals surface area contributed by atoms with Gasteiger partial charge in [0.15, 0.2) is 5.82 Å². The van der Waals surface area contributed by atoms with Crippen LogP contribution in [0.5, 0.6) is 5.75 Å². The molecule has 0 spiro atoms. The van der Waals surface area contributed by atoms with E-state index in [0.29, 0.717) is 12.4 Å². The average Bonchev–Trinajstić information content (AvgIpc) is 2.94. The monoisotopic (exact) mass is 316 g/mol. The number of aromatic nitrogens is 3. The highest BCUT2D eigenvalue weighted by molar-refractivity contribution is 5.80. The summed E-state index contributed by atoms with van der Waals surface area (Å²) in [5.41, 5.74) is 6.38. The van der Waals surface area contributed by atoms with Gasteiger partial charge in [-0.1, -0.05) is 30.3 Å². The Labute approximate surface area is 139 Å². The highest BCUT2D eigenvalue weighted by Gasteiger charge is 2.23. The number of aromatic hydroxyl groups is 1. The van der Waals surface area contributed by atoms with Crippen LogP contribution < -0.4 is 0 Å². The fourth-order valence-electron chi connectivity index (χ4n) is 2.96. The summed E-state index contributed by atoms with van der Waals surface area (Å²) < 4.78 is 0. The van der Waals surface area contributed by atoms with E-state index in [9.17, 15) is 5.11 Å². The summed E-state index contributed by atoms with van der Waals surface area (Å²) in [6.07, 6.45) is 2.51. The number of aryl methyl sites for hydroxylation is 1. The lowest BCUT2D eigenvalue weighted by Crippen LogP contribution is -2.01. The lowest BCUT2D eigenvalue weighted by atomic mass is 10.0. The average molecular weight is 316 g/mol. The van der Waals surface area contributed by atoms with Crippen molar-refractivity contribution >= 4 is 6.21 Å². The van der Waals surface area contributed by atoms with Crippen molar-refractivity contribution in [1.29, 1.82) is 0 Å². The van der Waals surface area contributed by atoms with E-state index in [1.54, 1.807) is 24.4 Å². The molecule has 0 amide bonds. The molecule has 3 aromatic rings. The molecule has 0 aliphatic heterocycles. The first kappa shape index (κ1) is 14.5. The van der Waals surface area contributed by atoms with Gasteiger partial charge in [-0.05, 0) is 35.7 Å². The summed E-state index contributed by atoms with van der Waals surface area (Å²) >= 11 is 0. The molecule has 5 nitrogen and oxygen atoms in total. The van der Waals surface area contributed by atoms with Crippen LogP contribution >= 0.6 is 0 Å². The molecule has 0 unspecified atom stereocenters. The topological polar surface area (TPSA) is 71.3 Å². The number of rotatable bonds is 3. The molecule has 2 aromatic carbocycles. The van der Waals surface area contributed by atoms with E-state index < -0.39 is 0 Å². The van der Waals surface area contributed by atoms with Gasteiger partial charge in [0.05, 0.1) is 5.69 Å². The molecule has 24 heavy (non-hydrogen) atoms. The third-order valence-electron chi connectivity index (χ3n) is 4.16. The Kier molecular flexibility index (Phi) is 3.54. The van der Waals surface area contributed by atoms with Gasteiger partial charge >= 0.3 is 0 Å².